The van der Waals surface area contributed by atoms with Crippen LogP contribution in [0.3, 0.4) is 0 Å². The zero-order valence-corrected chi connectivity index (χ0v) is 9.14. The van der Waals surface area contributed by atoms with Gasteiger partial charge in [0, 0.05) is 12.7 Å². The Labute approximate surface area is 93.1 Å². The van der Waals surface area contributed by atoms with Gasteiger partial charge >= 0.3 is 0 Å². The molecule has 1 heterocycles. The lowest BCUT2D eigenvalue weighted by Gasteiger charge is -2.15. The molecule has 2 rings (SSSR count). The SMILES string of the molecule is Cc1ccc(N(C)C(=O)c2ncn[nH]2)cc1. The van der Waals surface area contributed by atoms with Crippen LogP contribution in [0.25, 0.3) is 0 Å². The average molecular weight is 216 g/mol. The summed E-state index contributed by atoms with van der Waals surface area (Å²) in [5.74, 6) is 0.0319. The average Bonchev–Trinajstić information content (AvgIpc) is 2.81. The van der Waals surface area contributed by atoms with Gasteiger partial charge in [0.2, 0.25) is 5.82 Å². The molecule has 0 aliphatic rings. The van der Waals surface area contributed by atoms with Gasteiger partial charge in [0.15, 0.2) is 0 Å². The summed E-state index contributed by atoms with van der Waals surface area (Å²) in [4.78, 5) is 17.2. The minimum Gasteiger partial charge on any atom is -0.309 e. The summed E-state index contributed by atoms with van der Waals surface area (Å²) in [6.07, 6.45) is 1.32. The van der Waals surface area contributed by atoms with E-state index in [2.05, 4.69) is 15.2 Å². The zero-order valence-electron chi connectivity index (χ0n) is 9.14. The fourth-order valence-corrected chi connectivity index (χ4v) is 1.35. The van der Waals surface area contributed by atoms with Crippen LogP contribution in [0.5, 0.6) is 0 Å². The summed E-state index contributed by atoms with van der Waals surface area (Å²) in [6, 6.07) is 7.70. The Bertz CT molecular complexity index is 475. The molecule has 5 nitrogen and oxygen atoms in total. The van der Waals surface area contributed by atoms with Crippen LogP contribution in [0.2, 0.25) is 0 Å². The van der Waals surface area contributed by atoms with Crippen LogP contribution in [0.1, 0.15) is 16.2 Å². The Kier molecular flexibility index (Phi) is 2.68. The van der Waals surface area contributed by atoms with Crippen molar-refractivity contribution in [3.05, 3.63) is 42.0 Å². The highest BCUT2D eigenvalue weighted by Crippen LogP contribution is 2.14. The fourth-order valence-electron chi connectivity index (χ4n) is 1.35. The molecule has 0 aliphatic heterocycles. The van der Waals surface area contributed by atoms with Crippen molar-refractivity contribution in [1.29, 1.82) is 0 Å². The first kappa shape index (κ1) is 10.4. The number of rotatable bonds is 2. The molecule has 1 aromatic heterocycles. The third-order valence-corrected chi connectivity index (χ3v) is 2.34. The third kappa shape index (κ3) is 1.93. The molecule has 0 saturated carbocycles. The maximum absolute atomic E-state index is 11.9. The zero-order chi connectivity index (χ0) is 11.5. The van der Waals surface area contributed by atoms with Crippen molar-refractivity contribution in [2.75, 3.05) is 11.9 Å². The molecule has 82 valence electrons. The van der Waals surface area contributed by atoms with E-state index in [4.69, 9.17) is 0 Å². The number of amides is 1. The predicted octanol–water partition coefficient (Wildman–Crippen LogP) is 1.39. The molecule has 0 aliphatic carbocycles. The normalized spacial score (nSPS) is 10.1. The summed E-state index contributed by atoms with van der Waals surface area (Å²) in [5.41, 5.74) is 1.98. The molecule has 0 unspecified atom stereocenters. The van der Waals surface area contributed by atoms with Crippen LogP contribution < -0.4 is 4.90 Å². The molecule has 0 atom stereocenters. The Morgan fingerprint density at radius 1 is 1.31 bits per heavy atom. The minimum atomic E-state index is -0.207. The van der Waals surface area contributed by atoms with Gasteiger partial charge in [0.05, 0.1) is 0 Å². The number of H-pyrrole nitrogens is 1. The second-order valence-corrected chi connectivity index (χ2v) is 3.53. The fraction of sp³-hybridized carbons (Fsp3) is 0.182. The lowest BCUT2D eigenvalue weighted by atomic mass is 10.2. The molecule has 2 aromatic rings. The number of carbonyl (C=O) groups is 1. The van der Waals surface area contributed by atoms with Gasteiger partial charge in [-0.15, -0.1) is 0 Å². The van der Waals surface area contributed by atoms with Gasteiger partial charge in [0.1, 0.15) is 6.33 Å². The summed E-state index contributed by atoms with van der Waals surface area (Å²) < 4.78 is 0. The molecular weight excluding hydrogens is 204 g/mol. The number of nitrogens with one attached hydrogen (secondary N) is 1. The van der Waals surface area contributed by atoms with E-state index in [1.54, 1.807) is 7.05 Å². The van der Waals surface area contributed by atoms with Crippen molar-refractivity contribution in [2.24, 2.45) is 0 Å². The van der Waals surface area contributed by atoms with Gasteiger partial charge in [-0.1, -0.05) is 17.7 Å². The van der Waals surface area contributed by atoms with Gasteiger partial charge < -0.3 is 4.90 Å². The Hall–Kier alpha value is -2.17. The number of nitrogens with zero attached hydrogens (tertiary/aromatic N) is 3. The molecule has 1 amide bonds. The first-order valence-electron chi connectivity index (χ1n) is 4.88. The number of hydrogen-bond donors (Lipinski definition) is 1. The standard InChI is InChI=1S/C11H12N4O/c1-8-3-5-9(6-4-8)15(2)11(16)10-12-7-13-14-10/h3-7H,1-2H3,(H,12,13,14). The van der Waals surface area contributed by atoms with Gasteiger partial charge in [0.25, 0.3) is 5.91 Å². The van der Waals surface area contributed by atoms with Crippen molar-refractivity contribution < 1.29 is 4.79 Å². The number of hydrogen-bond acceptors (Lipinski definition) is 3. The van der Waals surface area contributed by atoms with E-state index in [1.807, 2.05) is 31.2 Å². The van der Waals surface area contributed by atoms with Gasteiger partial charge in [-0.05, 0) is 19.1 Å². The highest BCUT2D eigenvalue weighted by Gasteiger charge is 2.15. The van der Waals surface area contributed by atoms with Crippen molar-refractivity contribution in [3.63, 3.8) is 0 Å². The highest BCUT2D eigenvalue weighted by molar-refractivity contribution is 6.02. The largest absolute Gasteiger partial charge is 0.309 e. The van der Waals surface area contributed by atoms with E-state index in [1.165, 1.54) is 11.2 Å². The van der Waals surface area contributed by atoms with Crippen LogP contribution in [-0.2, 0) is 0 Å². The summed E-state index contributed by atoms with van der Waals surface area (Å²) in [5, 5.41) is 6.20. The molecule has 1 N–H and O–H groups in total. The molecule has 5 heteroatoms. The van der Waals surface area contributed by atoms with Crippen LogP contribution >= 0.6 is 0 Å². The second-order valence-electron chi connectivity index (χ2n) is 3.53. The Morgan fingerprint density at radius 2 is 2.00 bits per heavy atom. The molecule has 1 aromatic carbocycles. The van der Waals surface area contributed by atoms with Crippen LogP contribution in [0.15, 0.2) is 30.6 Å². The number of benzene rings is 1. The highest BCUT2D eigenvalue weighted by atomic mass is 16.2. The Balaban J connectivity index is 2.22. The van der Waals surface area contributed by atoms with E-state index in [0.29, 0.717) is 0 Å². The van der Waals surface area contributed by atoms with E-state index < -0.39 is 0 Å². The van der Waals surface area contributed by atoms with E-state index in [9.17, 15) is 4.79 Å². The predicted molar refractivity (Wildman–Crippen MR) is 60.3 cm³/mol. The molecule has 16 heavy (non-hydrogen) atoms. The summed E-state index contributed by atoms with van der Waals surface area (Å²) in [6.45, 7) is 2.00. The quantitative estimate of drug-likeness (QED) is 0.825. The second kappa shape index (κ2) is 4.14. The Morgan fingerprint density at radius 3 is 2.56 bits per heavy atom. The molecule has 0 bridgehead atoms. The number of aromatic nitrogens is 3. The number of anilines is 1. The lowest BCUT2D eigenvalue weighted by molar-refractivity contribution is 0.0983. The van der Waals surface area contributed by atoms with Crippen molar-refractivity contribution >= 4 is 11.6 Å². The first-order chi connectivity index (χ1) is 7.68. The number of aromatic amines is 1. The van der Waals surface area contributed by atoms with Crippen molar-refractivity contribution in [3.8, 4) is 0 Å². The third-order valence-electron chi connectivity index (χ3n) is 2.34. The van der Waals surface area contributed by atoms with Crippen LogP contribution in [0.4, 0.5) is 5.69 Å². The minimum absolute atomic E-state index is 0.207. The molecular formula is C11H12N4O. The van der Waals surface area contributed by atoms with E-state index >= 15 is 0 Å². The summed E-state index contributed by atoms with van der Waals surface area (Å²) >= 11 is 0. The van der Waals surface area contributed by atoms with Crippen LogP contribution in [-0.4, -0.2) is 28.1 Å². The maximum Gasteiger partial charge on any atom is 0.295 e. The van der Waals surface area contributed by atoms with E-state index in [-0.39, 0.29) is 11.7 Å². The van der Waals surface area contributed by atoms with Gasteiger partial charge in [-0.3, -0.25) is 9.89 Å². The number of carbonyl (C=O) groups excluding carboxylic acids is 1. The van der Waals surface area contributed by atoms with Crippen LogP contribution in [0, 0.1) is 6.92 Å². The molecule has 0 radical (unpaired) electrons. The topological polar surface area (TPSA) is 61.9 Å². The number of aryl methyl sites for hydroxylation is 1. The monoisotopic (exact) mass is 216 g/mol. The van der Waals surface area contributed by atoms with Gasteiger partial charge in [-0.2, -0.15) is 5.10 Å². The van der Waals surface area contributed by atoms with Gasteiger partial charge in [-0.25, -0.2) is 4.98 Å². The lowest BCUT2D eigenvalue weighted by Crippen LogP contribution is -2.27. The molecule has 0 spiro atoms. The maximum atomic E-state index is 11.9. The van der Waals surface area contributed by atoms with E-state index in [0.717, 1.165) is 11.3 Å². The van der Waals surface area contributed by atoms with Crippen molar-refractivity contribution in [1.82, 2.24) is 15.2 Å². The van der Waals surface area contributed by atoms with Crippen molar-refractivity contribution in [2.45, 2.75) is 6.92 Å². The molecule has 0 fully saturated rings. The first-order valence-corrected chi connectivity index (χ1v) is 4.88. The molecule has 0 saturated heterocycles. The summed E-state index contributed by atoms with van der Waals surface area (Å²) in [7, 11) is 1.70. The smallest absolute Gasteiger partial charge is 0.295 e.